The van der Waals surface area contributed by atoms with Gasteiger partial charge in [0.25, 0.3) is 0 Å². The molecule has 0 bridgehead atoms. The van der Waals surface area contributed by atoms with E-state index in [2.05, 4.69) is 57.5 Å². The molecule has 3 nitrogen and oxygen atoms in total. The van der Waals surface area contributed by atoms with E-state index in [0.717, 1.165) is 0 Å². The number of hydrogen-bond donors (Lipinski definition) is 0. The van der Waals surface area contributed by atoms with Crippen LogP contribution in [0.25, 0.3) is 0 Å². The van der Waals surface area contributed by atoms with E-state index in [0.29, 0.717) is 10.0 Å². The number of hydrogen-bond acceptors (Lipinski definition) is 3. The number of carbonyl (C=O) groups excluding carboxylic acids is 1. The average Bonchev–Trinajstić information content (AvgIpc) is 2.20. The summed E-state index contributed by atoms with van der Waals surface area (Å²) in [5.41, 5.74) is 0.836. The van der Waals surface area contributed by atoms with Crippen molar-refractivity contribution in [3.05, 3.63) is 26.9 Å². The molecule has 0 aliphatic rings. The molecule has 0 N–H and O–H groups in total. The predicted molar refractivity (Wildman–Crippen MR) is 68.9 cm³/mol. The van der Waals surface area contributed by atoms with E-state index in [1.165, 1.54) is 7.11 Å². The van der Waals surface area contributed by atoms with E-state index in [9.17, 15) is 4.79 Å². The van der Waals surface area contributed by atoms with Crippen LogP contribution in [-0.4, -0.2) is 18.1 Å². The number of carbonyl (C=O) groups is 1. The predicted octanol–water partition coefficient (Wildman–Crippen LogP) is 4.07. The Kier molecular flexibility index (Phi) is 5.02. The molecule has 82 valence electrons. The summed E-state index contributed by atoms with van der Waals surface area (Å²) in [6.07, 6.45) is 0. The highest BCUT2D eigenvalue weighted by Crippen LogP contribution is 2.35. The first kappa shape index (κ1) is 13.4. The van der Waals surface area contributed by atoms with E-state index in [1.807, 2.05) is 0 Å². The molecule has 1 aromatic rings. The standard InChI is InChI=1S/C8H5Br3ClNO2/c1-15-8(14)5-3(6(10)11)2-4(9)7(12)13-5/h2,6H,1H3. The molecule has 0 saturated heterocycles. The zero-order valence-corrected chi connectivity index (χ0v) is 12.9. The summed E-state index contributed by atoms with van der Waals surface area (Å²) in [6.45, 7) is 0. The van der Waals surface area contributed by atoms with Gasteiger partial charge in [0, 0.05) is 5.56 Å². The van der Waals surface area contributed by atoms with Crippen LogP contribution in [0.2, 0.25) is 5.15 Å². The van der Waals surface area contributed by atoms with E-state index < -0.39 is 5.97 Å². The lowest BCUT2D eigenvalue weighted by Crippen LogP contribution is -2.09. The largest absolute Gasteiger partial charge is 0.464 e. The van der Waals surface area contributed by atoms with Gasteiger partial charge in [0.05, 0.1) is 15.3 Å². The molecule has 1 heterocycles. The highest BCUT2D eigenvalue weighted by molar-refractivity contribution is 9.24. The molecule has 0 amide bonds. The summed E-state index contributed by atoms with van der Waals surface area (Å²) in [7, 11) is 1.29. The van der Waals surface area contributed by atoms with Crippen molar-refractivity contribution in [1.82, 2.24) is 4.98 Å². The number of ether oxygens (including phenoxy) is 1. The van der Waals surface area contributed by atoms with Crippen LogP contribution in [-0.2, 0) is 4.74 Å². The third-order valence-corrected chi connectivity index (χ3v) is 3.68. The molecule has 0 fully saturated rings. The van der Waals surface area contributed by atoms with Crippen LogP contribution in [0.4, 0.5) is 0 Å². The van der Waals surface area contributed by atoms with Crippen LogP contribution >= 0.6 is 59.4 Å². The minimum absolute atomic E-state index is 0.185. The average molecular weight is 422 g/mol. The van der Waals surface area contributed by atoms with Gasteiger partial charge in [0.2, 0.25) is 0 Å². The van der Waals surface area contributed by atoms with Crippen molar-refractivity contribution in [1.29, 1.82) is 0 Å². The van der Waals surface area contributed by atoms with Gasteiger partial charge in [-0.15, -0.1) is 0 Å². The van der Waals surface area contributed by atoms with Gasteiger partial charge in [-0.05, 0) is 22.0 Å². The Hall–Kier alpha value is 0.350. The fourth-order valence-corrected chi connectivity index (χ4v) is 2.08. The Morgan fingerprint density at radius 3 is 2.67 bits per heavy atom. The quantitative estimate of drug-likeness (QED) is 0.410. The molecule has 0 aliphatic carbocycles. The summed E-state index contributed by atoms with van der Waals surface area (Å²) < 4.78 is 5.03. The van der Waals surface area contributed by atoms with Crippen molar-refractivity contribution in [3.63, 3.8) is 0 Å². The summed E-state index contributed by atoms with van der Waals surface area (Å²) >= 11 is 15.6. The lowest BCUT2D eigenvalue weighted by Gasteiger charge is -2.09. The Morgan fingerprint density at radius 1 is 1.60 bits per heavy atom. The number of halogens is 4. The smallest absolute Gasteiger partial charge is 0.357 e. The fourth-order valence-electron chi connectivity index (χ4n) is 0.907. The van der Waals surface area contributed by atoms with Crippen LogP contribution in [0.1, 0.15) is 19.8 Å². The molecule has 15 heavy (non-hydrogen) atoms. The molecule has 0 radical (unpaired) electrons. The number of esters is 1. The highest BCUT2D eigenvalue weighted by Gasteiger charge is 2.20. The highest BCUT2D eigenvalue weighted by atomic mass is 79.9. The van der Waals surface area contributed by atoms with Gasteiger partial charge in [-0.1, -0.05) is 43.5 Å². The third-order valence-electron chi connectivity index (χ3n) is 1.58. The second-order valence-corrected chi connectivity index (χ2v) is 6.76. The molecule has 0 atom stereocenters. The molecule has 0 aliphatic heterocycles. The molecule has 1 rings (SSSR count). The molecular weight excluding hydrogens is 417 g/mol. The minimum atomic E-state index is -0.525. The molecule has 0 spiro atoms. The number of alkyl halides is 2. The van der Waals surface area contributed by atoms with Crippen molar-refractivity contribution in [2.45, 2.75) is 3.74 Å². The summed E-state index contributed by atoms with van der Waals surface area (Å²) in [4.78, 5) is 15.4. The summed E-state index contributed by atoms with van der Waals surface area (Å²) in [5, 5.41) is 0.222. The molecule has 0 unspecified atom stereocenters. The van der Waals surface area contributed by atoms with Crippen LogP contribution in [0.3, 0.4) is 0 Å². The topological polar surface area (TPSA) is 39.2 Å². The van der Waals surface area contributed by atoms with Crippen molar-refractivity contribution in [2.75, 3.05) is 7.11 Å². The van der Waals surface area contributed by atoms with Crippen LogP contribution < -0.4 is 0 Å². The van der Waals surface area contributed by atoms with Crippen LogP contribution in [0.5, 0.6) is 0 Å². The molecule has 0 aromatic carbocycles. The molecular formula is C8H5Br3ClNO2. The first-order chi connectivity index (χ1) is 6.97. The Labute approximate surface area is 117 Å². The number of nitrogens with zero attached hydrogens (tertiary/aromatic N) is 1. The molecule has 1 aromatic heterocycles. The maximum Gasteiger partial charge on any atom is 0.357 e. The van der Waals surface area contributed by atoms with E-state index in [-0.39, 0.29) is 14.6 Å². The minimum Gasteiger partial charge on any atom is -0.464 e. The summed E-state index contributed by atoms with van der Waals surface area (Å²) in [6, 6.07) is 1.70. The first-order valence-corrected chi connectivity index (χ1v) is 6.70. The Bertz CT molecular complexity index is 398. The second kappa shape index (κ2) is 5.61. The zero-order chi connectivity index (χ0) is 11.6. The number of aromatic nitrogens is 1. The van der Waals surface area contributed by atoms with Crippen molar-refractivity contribution in [2.24, 2.45) is 0 Å². The number of rotatable bonds is 2. The zero-order valence-electron chi connectivity index (χ0n) is 7.43. The number of pyridine rings is 1. The van der Waals surface area contributed by atoms with Crippen LogP contribution in [0, 0.1) is 0 Å². The SMILES string of the molecule is COC(=O)c1nc(Cl)c(Br)cc1C(Br)Br. The van der Waals surface area contributed by atoms with Gasteiger partial charge in [-0.25, -0.2) is 9.78 Å². The van der Waals surface area contributed by atoms with Crippen LogP contribution in [0.15, 0.2) is 10.5 Å². The van der Waals surface area contributed by atoms with Gasteiger partial charge in [0.15, 0.2) is 5.69 Å². The monoisotopic (exact) mass is 419 g/mol. The maximum absolute atomic E-state index is 11.4. The fraction of sp³-hybridized carbons (Fsp3) is 0.250. The lowest BCUT2D eigenvalue weighted by molar-refractivity contribution is 0.0593. The van der Waals surface area contributed by atoms with Crippen molar-refractivity contribution >= 4 is 65.4 Å². The molecule has 0 saturated carbocycles. The second-order valence-electron chi connectivity index (χ2n) is 2.49. The van der Waals surface area contributed by atoms with E-state index in [1.54, 1.807) is 6.07 Å². The van der Waals surface area contributed by atoms with Gasteiger partial charge >= 0.3 is 5.97 Å². The molecule has 7 heteroatoms. The van der Waals surface area contributed by atoms with E-state index >= 15 is 0 Å². The van der Waals surface area contributed by atoms with Gasteiger partial charge in [-0.3, -0.25) is 0 Å². The third kappa shape index (κ3) is 3.15. The normalized spacial score (nSPS) is 10.5. The number of methoxy groups -OCH3 is 1. The van der Waals surface area contributed by atoms with Crippen molar-refractivity contribution < 1.29 is 9.53 Å². The Morgan fingerprint density at radius 2 is 2.20 bits per heavy atom. The first-order valence-electron chi connectivity index (χ1n) is 3.69. The van der Waals surface area contributed by atoms with Gasteiger partial charge in [0.1, 0.15) is 5.15 Å². The van der Waals surface area contributed by atoms with E-state index in [4.69, 9.17) is 11.6 Å². The lowest BCUT2D eigenvalue weighted by atomic mass is 10.2. The Balaban J connectivity index is 3.34. The van der Waals surface area contributed by atoms with Crippen molar-refractivity contribution in [3.8, 4) is 0 Å². The van der Waals surface area contributed by atoms with Gasteiger partial charge in [-0.2, -0.15) is 0 Å². The summed E-state index contributed by atoms with van der Waals surface area (Å²) in [5.74, 6) is -0.525. The van der Waals surface area contributed by atoms with Gasteiger partial charge < -0.3 is 4.74 Å². The maximum atomic E-state index is 11.4.